The Kier molecular flexibility index (Phi) is 2.24. The van der Waals surface area contributed by atoms with E-state index < -0.39 is 0 Å². The van der Waals surface area contributed by atoms with Crippen LogP contribution in [0.5, 0.6) is 0 Å². The summed E-state index contributed by atoms with van der Waals surface area (Å²) in [6, 6.07) is 8.47. The van der Waals surface area contributed by atoms with Gasteiger partial charge in [0.25, 0.3) is 0 Å². The molecule has 0 fully saturated rings. The standard InChI is InChI=1S/C11H10IN/c1-7-5-8(2)13-11-4-3-9(12)6-10(7)11/h3-6H,1-2H3. The zero-order valence-electron chi connectivity index (χ0n) is 7.63. The van der Waals surface area contributed by atoms with E-state index in [2.05, 4.69) is 58.8 Å². The van der Waals surface area contributed by atoms with Gasteiger partial charge in [0, 0.05) is 14.7 Å². The lowest BCUT2D eigenvalue weighted by Crippen LogP contribution is -1.87. The molecular weight excluding hydrogens is 273 g/mol. The molecule has 2 rings (SSSR count). The molecule has 1 aromatic heterocycles. The number of nitrogens with zero attached hydrogens (tertiary/aromatic N) is 1. The number of rotatable bonds is 0. The van der Waals surface area contributed by atoms with Crippen LogP contribution in [-0.2, 0) is 0 Å². The fraction of sp³-hybridized carbons (Fsp3) is 0.182. The smallest absolute Gasteiger partial charge is 0.0708 e. The maximum atomic E-state index is 4.47. The van der Waals surface area contributed by atoms with Gasteiger partial charge in [-0.25, -0.2) is 0 Å². The highest BCUT2D eigenvalue weighted by Crippen LogP contribution is 2.19. The fourth-order valence-electron chi connectivity index (χ4n) is 1.53. The Morgan fingerprint density at radius 3 is 2.69 bits per heavy atom. The van der Waals surface area contributed by atoms with Gasteiger partial charge >= 0.3 is 0 Å². The van der Waals surface area contributed by atoms with Crippen molar-refractivity contribution in [2.24, 2.45) is 0 Å². The van der Waals surface area contributed by atoms with Crippen LogP contribution in [0.2, 0.25) is 0 Å². The highest BCUT2D eigenvalue weighted by molar-refractivity contribution is 14.1. The van der Waals surface area contributed by atoms with Crippen molar-refractivity contribution in [1.82, 2.24) is 4.98 Å². The number of benzene rings is 1. The summed E-state index contributed by atoms with van der Waals surface area (Å²) in [6.45, 7) is 4.16. The summed E-state index contributed by atoms with van der Waals surface area (Å²) < 4.78 is 1.26. The Morgan fingerprint density at radius 1 is 1.15 bits per heavy atom. The average Bonchev–Trinajstić information content (AvgIpc) is 2.06. The lowest BCUT2D eigenvalue weighted by atomic mass is 10.1. The van der Waals surface area contributed by atoms with Gasteiger partial charge in [0.1, 0.15) is 0 Å². The van der Waals surface area contributed by atoms with E-state index in [1.165, 1.54) is 14.5 Å². The van der Waals surface area contributed by atoms with Gasteiger partial charge in [0.2, 0.25) is 0 Å². The molecule has 13 heavy (non-hydrogen) atoms. The van der Waals surface area contributed by atoms with Crippen molar-refractivity contribution in [3.05, 3.63) is 39.1 Å². The van der Waals surface area contributed by atoms with Gasteiger partial charge in [-0.2, -0.15) is 0 Å². The van der Waals surface area contributed by atoms with E-state index in [9.17, 15) is 0 Å². The molecule has 0 bridgehead atoms. The summed E-state index contributed by atoms with van der Waals surface area (Å²) in [6.07, 6.45) is 0. The molecule has 0 radical (unpaired) electrons. The van der Waals surface area contributed by atoms with Gasteiger partial charge in [0.05, 0.1) is 5.52 Å². The topological polar surface area (TPSA) is 12.9 Å². The molecule has 0 aliphatic rings. The Bertz CT molecular complexity index is 463. The van der Waals surface area contributed by atoms with Crippen LogP contribution in [-0.4, -0.2) is 4.98 Å². The van der Waals surface area contributed by atoms with Gasteiger partial charge in [0.15, 0.2) is 0 Å². The number of halogens is 1. The molecule has 0 saturated carbocycles. The molecule has 0 saturated heterocycles. The van der Waals surface area contributed by atoms with Crippen LogP contribution in [0, 0.1) is 17.4 Å². The largest absolute Gasteiger partial charge is 0.253 e. The van der Waals surface area contributed by atoms with Crippen LogP contribution in [0.15, 0.2) is 24.3 Å². The molecule has 0 aliphatic carbocycles. The second-order valence-corrected chi connectivity index (χ2v) is 4.49. The van der Waals surface area contributed by atoms with E-state index in [1.54, 1.807) is 0 Å². The highest BCUT2D eigenvalue weighted by atomic mass is 127. The van der Waals surface area contributed by atoms with Gasteiger partial charge in [-0.05, 0) is 66.3 Å². The third kappa shape index (κ3) is 1.68. The number of fused-ring (bicyclic) bond motifs is 1. The van der Waals surface area contributed by atoms with Crippen molar-refractivity contribution < 1.29 is 0 Å². The molecule has 0 atom stereocenters. The van der Waals surface area contributed by atoms with Crippen LogP contribution in [0.3, 0.4) is 0 Å². The van der Waals surface area contributed by atoms with Crippen molar-refractivity contribution in [1.29, 1.82) is 0 Å². The van der Waals surface area contributed by atoms with E-state index in [0.717, 1.165) is 11.2 Å². The average molecular weight is 283 g/mol. The highest BCUT2D eigenvalue weighted by Gasteiger charge is 2.00. The monoisotopic (exact) mass is 283 g/mol. The molecule has 0 unspecified atom stereocenters. The second-order valence-electron chi connectivity index (χ2n) is 3.24. The van der Waals surface area contributed by atoms with E-state index in [0.29, 0.717) is 0 Å². The first kappa shape index (κ1) is 8.94. The molecule has 1 heterocycles. The lowest BCUT2D eigenvalue weighted by Gasteiger charge is -2.03. The quantitative estimate of drug-likeness (QED) is 0.675. The van der Waals surface area contributed by atoms with Crippen molar-refractivity contribution in [3.8, 4) is 0 Å². The molecule has 0 spiro atoms. The minimum Gasteiger partial charge on any atom is -0.253 e. The Hall–Kier alpha value is -0.640. The molecule has 2 heteroatoms. The first-order chi connectivity index (χ1) is 6.16. The minimum atomic E-state index is 1.09. The molecule has 2 aromatic rings. The number of hydrogen-bond acceptors (Lipinski definition) is 1. The van der Waals surface area contributed by atoms with E-state index in [1.807, 2.05) is 6.92 Å². The third-order valence-electron chi connectivity index (χ3n) is 2.11. The van der Waals surface area contributed by atoms with Crippen LogP contribution in [0.25, 0.3) is 10.9 Å². The normalized spacial score (nSPS) is 10.7. The number of aryl methyl sites for hydroxylation is 2. The third-order valence-corrected chi connectivity index (χ3v) is 2.78. The van der Waals surface area contributed by atoms with Crippen molar-refractivity contribution in [2.75, 3.05) is 0 Å². The maximum Gasteiger partial charge on any atom is 0.0708 e. The SMILES string of the molecule is Cc1cc(C)c2cc(I)ccc2n1. The summed E-state index contributed by atoms with van der Waals surface area (Å²) in [5.74, 6) is 0. The Balaban J connectivity index is 2.87. The first-order valence-electron chi connectivity index (χ1n) is 4.20. The summed E-state index contributed by atoms with van der Waals surface area (Å²) in [5.41, 5.74) is 3.49. The molecule has 66 valence electrons. The van der Waals surface area contributed by atoms with Crippen molar-refractivity contribution in [2.45, 2.75) is 13.8 Å². The van der Waals surface area contributed by atoms with Crippen LogP contribution in [0.4, 0.5) is 0 Å². The van der Waals surface area contributed by atoms with Gasteiger partial charge in [-0.1, -0.05) is 0 Å². The predicted molar refractivity (Wildman–Crippen MR) is 63.9 cm³/mol. The van der Waals surface area contributed by atoms with E-state index in [-0.39, 0.29) is 0 Å². The Labute approximate surface area is 91.3 Å². The summed E-state index contributed by atoms with van der Waals surface area (Å²) >= 11 is 2.33. The number of aromatic nitrogens is 1. The predicted octanol–water partition coefficient (Wildman–Crippen LogP) is 3.46. The summed E-state index contributed by atoms with van der Waals surface area (Å²) in [5, 5.41) is 1.26. The van der Waals surface area contributed by atoms with E-state index >= 15 is 0 Å². The van der Waals surface area contributed by atoms with Gasteiger partial charge in [-0.3, -0.25) is 4.98 Å². The second kappa shape index (κ2) is 3.25. The van der Waals surface area contributed by atoms with Crippen molar-refractivity contribution >= 4 is 33.5 Å². The fourth-order valence-corrected chi connectivity index (χ4v) is 2.03. The molecule has 1 nitrogen and oxygen atoms in total. The zero-order valence-corrected chi connectivity index (χ0v) is 9.79. The number of hydrogen-bond donors (Lipinski definition) is 0. The first-order valence-corrected chi connectivity index (χ1v) is 5.28. The van der Waals surface area contributed by atoms with Gasteiger partial charge < -0.3 is 0 Å². The van der Waals surface area contributed by atoms with Crippen LogP contribution < -0.4 is 0 Å². The molecule has 1 aromatic carbocycles. The maximum absolute atomic E-state index is 4.47. The Morgan fingerprint density at radius 2 is 1.92 bits per heavy atom. The zero-order chi connectivity index (χ0) is 9.42. The molecule has 0 N–H and O–H groups in total. The van der Waals surface area contributed by atoms with E-state index in [4.69, 9.17) is 0 Å². The molecule has 0 aliphatic heterocycles. The molecule has 0 amide bonds. The molecular formula is C11H10IN. The summed E-state index contributed by atoms with van der Waals surface area (Å²) in [4.78, 5) is 4.47. The van der Waals surface area contributed by atoms with Gasteiger partial charge in [-0.15, -0.1) is 0 Å². The van der Waals surface area contributed by atoms with Crippen LogP contribution >= 0.6 is 22.6 Å². The lowest BCUT2D eigenvalue weighted by molar-refractivity contribution is 1.23. The van der Waals surface area contributed by atoms with Crippen LogP contribution in [0.1, 0.15) is 11.3 Å². The minimum absolute atomic E-state index is 1.09. The van der Waals surface area contributed by atoms with Crippen molar-refractivity contribution in [3.63, 3.8) is 0 Å². The number of pyridine rings is 1. The summed E-state index contributed by atoms with van der Waals surface area (Å²) in [7, 11) is 0.